The summed E-state index contributed by atoms with van der Waals surface area (Å²) in [5, 5.41) is 0. The minimum atomic E-state index is 0.759. The fourth-order valence-corrected chi connectivity index (χ4v) is 2.60. The van der Waals surface area contributed by atoms with Gasteiger partial charge in [0, 0.05) is 12.4 Å². The Morgan fingerprint density at radius 1 is 1.12 bits per heavy atom. The molecule has 0 aliphatic carbocycles. The van der Waals surface area contributed by atoms with Crippen LogP contribution in [0.15, 0.2) is 30.3 Å². The standard InChI is InChI=1S/C14H20ClN/c15-12-14-7-10-16(11-8-14)9-6-13-4-2-1-3-5-13/h1-5,14H,6-12H2. The van der Waals surface area contributed by atoms with Gasteiger partial charge in [-0.1, -0.05) is 30.3 Å². The summed E-state index contributed by atoms with van der Waals surface area (Å²) < 4.78 is 0. The Morgan fingerprint density at radius 3 is 2.44 bits per heavy atom. The van der Waals surface area contributed by atoms with Crippen LogP contribution in [0.4, 0.5) is 0 Å². The minimum Gasteiger partial charge on any atom is -0.303 e. The lowest BCUT2D eigenvalue weighted by molar-refractivity contribution is 0.196. The molecule has 1 fully saturated rings. The molecular formula is C14H20ClN. The number of hydrogen-bond acceptors (Lipinski definition) is 1. The van der Waals surface area contributed by atoms with Crippen molar-refractivity contribution in [2.45, 2.75) is 19.3 Å². The first-order chi connectivity index (χ1) is 7.88. The largest absolute Gasteiger partial charge is 0.303 e. The lowest BCUT2D eigenvalue weighted by Crippen LogP contribution is -2.35. The van der Waals surface area contributed by atoms with Crippen LogP contribution in [0.25, 0.3) is 0 Å². The van der Waals surface area contributed by atoms with Crippen LogP contribution in [0.2, 0.25) is 0 Å². The van der Waals surface area contributed by atoms with Gasteiger partial charge in [-0.3, -0.25) is 0 Å². The third-order valence-electron chi connectivity index (χ3n) is 3.48. The van der Waals surface area contributed by atoms with E-state index >= 15 is 0 Å². The molecule has 0 amide bonds. The zero-order chi connectivity index (χ0) is 11.2. The molecule has 1 aromatic rings. The molecule has 16 heavy (non-hydrogen) atoms. The number of halogens is 1. The molecule has 0 bridgehead atoms. The third kappa shape index (κ3) is 3.50. The van der Waals surface area contributed by atoms with Gasteiger partial charge in [0.1, 0.15) is 0 Å². The zero-order valence-corrected chi connectivity index (χ0v) is 10.5. The normalized spacial score (nSPS) is 18.8. The Hall–Kier alpha value is -0.530. The van der Waals surface area contributed by atoms with Gasteiger partial charge in [0.15, 0.2) is 0 Å². The van der Waals surface area contributed by atoms with Crippen LogP contribution < -0.4 is 0 Å². The van der Waals surface area contributed by atoms with Gasteiger partial charge in [-0.05, 0) is 43.8 Å². The van der Waals surface area contributed by atoms with Crippen molar-refractivity contribution in [3.8, 4) is 0 Å². The topological polar surface area (TPSA) is 3.24 Å². The van der Waals surface area contributed by atoms with E-state index in [9.17, 15) is 0 Å². The second-order valence-electron chi connectivity index (χ2n) is 4.67. The number of piperidine rings is 1. The van der Waals surface area contributed by atoms with Crippen LogP contribution in [0, 0.1) is 5.92 Å². The number of likely N-dealkylation sites (tertiary alicyclic amines) is 1. The van der Waals surface area contributed by atoms with Crippen LogP contribution in [-0.2, 0) is 6.42 Å². The van der Waals surface area contributed by atoms with Crippen molar-refractivity contribution < 1.29 is 0 Å². The van der Waals surface area contributed by atoms with E-state index < -0.39 is 0 Å². The number of benzene rings is 1. The molecule has 2 heteroatoms. The Labute approximate surface area is 103 Å². The van der Waals surface area contributed by atoms with E-state index in [1.54, 1.807) is 0 Å². The Kier molecular flexibility index (Phi) is 4.68. The number of nitrogens with zero attached hydrogens (tertiary/aromatic N) is 1. The summed E-state index contributed by atoms with van der Waals surface area (Å²) in [6.07, 6.45) is 3.73. The van der Waals surface area contributed by atoms with Gasteiger partial charge in [0.2, 0.25) is 0 Å². The van der Waals surface area contributed by atoms with Gasteiger partial charge >= 0.3 is 0 Å². The second kappa shape index (κ2) is 6.27. The number of alkyl halides is 1. The van der Waals surface area contributed by atoms with E-state index in [1.165, 1.54) is 44.5 Å². The summed E-state index contributed by atoms with van der Waals surface area (Å²) in [4.78, 5) is 2.57. The predicted octanol–water partition coefficient (Wildman–Crippen LogP) is 3.18. The quantitative estimate of drug-likeness (QED) is 0.728. The molecule has 1 aromatic carbocycles. The average molecular weight is 238 g/mol. The van der Waals surface area contributed by atoms with E-state index in [-0.39, 0.29) is 0 Å². The summed E-state index contributed by atoms with van der Waals surface area (Å²) in [6.45, 7) is 3.65. The molecule has 1 aliphatic heterocycles. The molecule has 1 saturated heterocycles. The maximum Gasteiger partial charge on any atom is 0.0252 e. The summed E-state index contributed by atoms with van der Waals surface area (Å²) in [6, 6.07) is 10.7. The predicted molar refractivity (Wildman–Crippen MR) is 70.0 cm³/mol. The smallest absolute Gasteiger partial charge is 0.0252 e. The van der Waals surface area contributed by atoms with Crippen molar-refractivity contribution in [1.29, 1.82) is 0 Å². The first-order valence-electron chi connectivity index (χ1n) is 6.20. The zero-order valence-electron chi connectivity index (χ0n) is 9.74. The van der Waals surface area contributed by atoms with E-state index in [4.69, 9.17) is 11.6 Å². The molecule has 0 radical (unpaired) electrons. The Morgan fingerprint density at radius 2 is 1.81 bits per heavy atom. The van der Waals surface area contributed by atoms with Gasteiger partial charge in [0.05, 0.1) is 0 Å². The van der Waals surface area contributed by atoms with Crippen molar-refractivity contribution in [2.75, 3.05) is 25.5 Å². The van der Waals surface area contributed by atoms with Crippen LogP contribution in [0.1, 0.15) is 18.4 Å². The first kappa shape index (κ1) is 11.9. The van der Waals surface area contributed by atoms with Gasteiger partial charge in [-0.2, -0.15) is 0 Å². The van der Waals surface area contributed by atoms with Gasteiger partial charge in [0.25, 0.3) is 0 Å². The molecule has 1 nitrogen and oxygen atoms in total. The lowest BCUT2D eigenvalue weighted by atomic mass is 9.98. The number of hydrogen-bond donors (Lipinski definition) is 0. The maximum absolute atomic E-state index is 5.88. The van der Waals surface area contributed by atoms with Crippen LogP contribution in [-0.4, -0.2) is 30.4 Å². The van der Waals surface area contributed by atoms with E-state index in [1.807, 2.05) is 0 Å². The highest BCUT2D eigenvalue weighted by molar-refractivity contribution is 6.18. The Bertz CT molecular complexity index is 291. The summed E-state index contributed by atoms with van der Waals surface area (Å²) in [7, 11) is 0. The SMILES string of the molecule is ClCC1CCN(CCc2ccccc2)CC1. The van der Waals surface area contributed by atoms with Crippen molar-refractivity contribution in [3.63, 3.8) is 0 Å². The lowest BCUT2D eigenvalue weighted by Gasteiger charge is -2.30. The molecule has 0 atom stereocenters. The maximum atomic E-state index is 5.88. The van der Waals surface area contributed by atoms with Crippen molar-refractivity contribution in [2.24, 2.45) is 5.92 Å². The van der Waals surface area contributed by atoms with Gasteiger partial charge < -0.3 is 4.90 Å². The van der Waals surface area contributed by atoms with E-state index in [0.717, 1.165) is 11.8 Å². The molecular weight excluding hydrogens is 218 g/mol. The highest BCUT2D eigenvalue weighted by atomic mass is 35.5. The molecule has 0 N–H and O–H groups in total. The first-order valence-corrected chi connectivity index (χ1v) is 6.74. The Balaban J connectivity index is 1.72. The van der Waals surface area contributed by atoms with E-state index in [0.29, 0.717) is 0 Å². The summed E-state index contributed by atoms with van der Waals surface area (Å²) in [5.74, 6) is 1.60. The average Bonchev–Trinajstić information content (AvgIpc) is 2.38. The van der Waals surface area contributed by atoms with Crippen LogP contribution >= 0.6 is 11.6 Å². The van der Waals surface area contributed by atoms with Crippen LogP contribution in [0.5, 0.6) is 0 Å². The summed E-state index contributed by atoms with van der Waals surface area (Å²) >= 11 is 5.88. The fraction of sp³-hybridized carbons (Fsp3) is 0.571. The van der Waals surface area contributed by atoms with Gasteiger partial charge in [-0.15, -0.1) is 11.6 Å². The molecule has 1 aliphatic rings. The van der Waals surface area contributed by atoms with Crippen molar-refractivity contribution in [3.05, 3.63) is 35.9 Å². The monoisotopic (exact) mass is 237 g/mol. The van der Waals surface area contributed by atoms with Crippen molar-refractivity contribution in [1.82, 2.24) is 4.90 Å². The van der Waals surface area contributed by atoms with Crippen LogP contribution in [0.3, 0.4) is 0 Å². The molecule has 0 unspecified atom stereocenters. The molecule has 2 rings (SSSR count). The molecule has 0 saturated carbocycles. The molecule has 0 spiro atoms. The third-order valence-corrected chi connectivity index (χ3v) is 3.92. The fourth-order valence-electron chi connectivity index (χ4n) is 2.30. The minimum absolute atomic E-state index is 0.759. The van der Waals surface area contributed by atoms with Crippen molar-refractivity contribution >= 4 is 11.6 Å². The summed E-state index contributed by atoms with van der Waals surface area (Å²) in [5.41, 5.74) is 1.45. The molecule has 0 aromatic heterocycles. The highest BCUT2D eigenvalue weighted by Crippen LogP contribution is 2.18. The number of rotatable bonds is 4. The molecule has 88 valence electrons. The second-order valence-corrected chi connectivity index (χ2v) is 4.98. The van der Waals surface area contributed by atoms with Gasteiger partial charge in [-0.25, -0.2) is 0 Å². The van der Waals surface area contributed by atoms with E-state index in [2.05, 4.69) is 35.2 Å². The highest BCUT2D eigenvalue weighted by Gasteiger charge is 2.17. The molecule has 1 heterocycles.